The van der Waals surface area contributed by atoms with Crippen molar-refractivity contribution in [1.29, 1.82) is 0 Å². The number of carbonyl (C=O) groups excluding carboxylic acids is 1. The predicted molar refractivity (Wildman–Crippen MR) is 112 cm³/mol. The first-order chi connectivity index (χ1) is 14.5. The summed E-state index contributed by atoms with van der Waals surface area (Å²) < 4.78 is 32.8. The minimum Gasteiger partial charge on any atom is -0.383 e. The van der Waals surface area contributed by atoms with Crippen molar-refractivity contribution < 1.29 is 18.3 Å². The van der Waals surface area contributed by atoms with E-state index in [1.807, 2.05) is 24.3 Å². The molecule has 1 aliphatic heterocycles. The van der Waals surface area contributed by atoms with E-state index in [1.165, 1.54) is 18.2 Å². The van der Waals surface area contributed by atoms with Crippen LogP contribution in [0.2, 0.25) is 5.02 Å². The van der Waals surface area contributed by atoms with Crippen LogP contribution in [0.15, 0.2) is 42.5 Å². The lowest BCUT2D eigenvalue weighted by atomic mass is 10.1. The fourth-order valence-electron chi connectivity index (χ4n) is 3.66. The lowest BCUT2D eigenvalue weighted by Crippen LogP contribution is -2.43. The highest BCUT2D eigenvalue weighted by Gasteiger charge is 2.36. The van der Waals surface area contributed by atoms with E-state index in [4.69, 9.17) is 16.3 Å². The lowest BCUT2D eigenvalue weighted by Gasteiger charge is -2.23. The van der Waals surface area contributed by atoms with E-state index in [2.05, 4.69) is 15.5 Å². The summed E-state index contributed by atoms with van der Waals surface area (Å²) in [5, 5.41) is 6.75. The molecular formula is C22H26ClF2N3O2. The normalized spacial score (nSPS) is 19.2. The first-order valence-electron chi connectivity index (χ1n) is 9.89. The molecule has 0 saturated carbocycles. The van der Waals surface area contributed by atoms with Crippen LogP contribution in [0.3, 0.4) is 0 Å². The van der Waals surface area contributed by atoms with Gasteiger partial charge in [0.2, 0.25) is 5.91 Å². The van der Waals surface area contributed by atoms with Gasteiger partial charge in [0.25, 0.3) is 0 Å². The van der Waals surface area contributed by atoms with Crippen molar-refractivity contribution in [2.75, 3.05) is 26.8 Å². The van der Waals surface area contributed by atoms with Gasteiger partial charge in [-0.25, -0.2) is 8.78 Å². The number of halogens is 3. The van der Waals surface area contributed by atoms with E-state index in [-0.39, 0.29) is 30.1 Å². The van der Waals surface area contributed by atoms with Gasteiger partial charge in [0.05, 0.1) is 12.6 Å². The molecule has 30 heavy (non-hydrogen) atoms. The van der Waals surface area contributed by atoms with Gasteiger partial charge in [0.1, 0.15) is 11.6 Å². The van der Waals surface area contributed by atoms with Gasteiger partial charge in [-0.2, -0.15) is 0 Å². The molecule has 1 fully saturated rings. The monoisotopic (exact) mass is 437 g/mol. The zero-order chi connectivity index (χ0) is 21.5. The van der Waals surface area contributed by atoms with Crippen LogP contribution in [0.1, 0.15) is 17.5 Å². The van der Waals surface area contributed by atoms with E-state index in [0.29, 0.717) is 37.7 Å². The third-order valence-corrected chi connectivity index (χ3v) is 5.49. The quantitative estimate of drug-likeness (QED) is 0.592. The fourth-order valence-corrected chi connectivity index (χ4v) is 3.79. The minimum absolute atomic E-state index is 0.00903. The molecule has 2 aromatic rings. The Morgan fingerprint density at radius 2 is 1.90 bits per heavy atom. The van der Waals surface area contributed by atoms with Crippen molar-refractivity contribution in [3.63, 3.8) is 0 Å². The maximum absolute atomic E-state index is 13.9. The third-order valence-electron chi connectivity index (χ3n) is 5.24. The Hall–Kier alpha value is -2.06. The zero-order valence-electron chi connectivity index (χ0n) is 16.8. The average molecular weight is 438 g/mol. The maximum Gasteiger partial charge on any atom is 0.237 e. The molecule has 1 aliphatic rings. The van der Waals surface area contributed by atoms with Crippen molar-refractivity contribution >= 4 is 17.5 Å². The van der Waals surface area contributed by atoms with Gasteiger partial charge in [-0.3, -0.25) is 9.69 Å². The number of amides is 1. The molecule has 0 aromatic heterocycles. The van der Waals surface area contributed by atoms with Gasteiger partial charge in [-0.15, -0.1) is 0 Å². The van der Waals surface area contributed by atoms with Crippen LogP contribution in [-0.2, 0) is 22.6 Å². The number of likely N-dealkylation sites (tertiary alicyclic amines) is 1. The molecule has 0 aliphatic carbocycles. The summed E-state index contributed by atoms with van der Waals surface area (Å²) in [5.41, 5.74) is 1.05. The van der Waals surface area contributed by atoms with Crippen molar-refractivity contribution in [2.24, 2.45) is 0 Å². The van der Waals surface area contributed by atoms with E-state index >= 15 is 0 Å². The van der Waals surface area contributed by atoms with Gasteiger partial charge >= 0.3 is 0 Å². The molecule has 5 nitrogen and oxygen atoms in total. The predicted octanol–water partition coefficient (Wildman–Crippen LogP) is 3.11. The number of methoxy groups -OCH3 is 1. The first-order valence-corrected chi connectivity index (χ1v) is 10.3. The molecule has 0 radical (unpaired) electrons. The molecule has 2 aromatic carbocycles. The van der Waals surface area contributed by atoms with Crippen LogP contribution < -0.4 is 10.6 Å². The number of hydrogen-bond donors (Lipinski definition) is 2. The molecule has 8 heteroatoms. The Morgan fingerprint density at radius 1 is 1.20 bits per heavy atom. The molecule has 1 saturated heterocycles. The Labute approximate surface area is 180 Å². The Kier molecular flexibility index (Phi) is 8.16. The molecule has 162 valence electrons. The number of nitrogens with one attached hydrogen (secondary N) is 2. The number of benzene rings is 2. The molecule has 0 spiro atoms. The van der Waals surface area contributed by atoms with Gasteiger partial charge in [0.15, 0.2) is 0 Å². The van der Waals surface area contributed by atoms with Gasteiger partial charge in [-0.1, -0.05) is 29.8 Å². The number of rotatable bonds is 9. The van der Waals surface area contributed by atoms with Crippen LogP contribution in [0.25, 0.3) is 0 Å². The molecule has 2 atom stereocenters. The molecule has 3 rings (SSSR count). The highest BCUT2D eigenvalue weighted by atomic mass is 35.5. The lowest BCUT2D eigenvalue weighted by molar-refractivity contribution is -0.125. The molecule has 1 heterocycles. The molecule has 1 amide bonds. The highest BCUT2D eigenvalue weighted by Crippen LogP contribution is 2.23. The largest absolute Gasteiger partial charge is 0.383 e. The van der Waals surface area contributed by atoms with E-state index < -0.39 is 11.6 Å². The number of hydrogen-bond acceptors (Lipinski definition) is 4. The standard InChI is InChI=1S/C22H26ClF2N3O2/c1-30-10-9-26-22(29)21-11-17(27-12-18-19(24)3-2-4-20(18)25)14-28(21)13-15-5-7-16(23)8-6-15/h2-8,17,21,27H,9-14H2,1H3,(H,26,29)/t17-,21-/m0/s1. The second kappa shape index (κ2) is 10.8. The fraction of sp³-hybridized carbons (Fsp3) is 0.409. The SMILES string of the molecule is COCCNC(=O)[C@@H]1C[C@H](NCc2c(F)cccc2F)CN1Cc1ccc(Cl)cc1. The van der Waals surface area contributed by atoms with Gasteiger partial charge in [-0.05, 0) is 36.2 Å². The van der Waals surface area contributed by atoms with Crippen molar-refractivity contribution in [1.82, 2.24) is 15.5 Å². The van der Waals surface area contributed by atoms with Crippen molar-refractivity contribution in [3.8, 4) is 0 Å². The summed E-state index contributed by atoms with van der Waals surface area (Å²) in [5.74, 6) is -1.23. The van der Waals surface area contributed by atoms with Crippen molar-refractivity contribution in [2.45, 2.75) is 31.6 Å². The summed E-state index contributed by atoms with van der Waals surface area (Å²) in [6.07, 6.45) is 0.544. The van der Waals surface area contributed by atoms with Crippen LogP contribution in [0.4, 0.5) is 8.78 Å². The summed E-state index contributed by atoms with van der Waals surface area (Å²) >= 11 is 5.97. The molecule has 0 bridgehead atoms. The summed E-state index contributed by atoms with van der Waals surface area (Å²) in [6, 6.07) is 10.9. The van der Waals surface area contributed by atoms with Crippen LogP contribution in [-0.4, -0.2) is 49.7 Å². The maximum atomic E-state index is 13.9. The number of ether oxygens (including phenoxy) is 1. The second-order valence-corrected chi connectivity index (χ2v) is 7.81. The van der Waals surface area contributed by atoms with E-state index in [9.17, 15) is 13.6 Å². The summed E-state index contributed by atoms with van der Waals surface area (Å²) in [6.45, 7) is 2.09. The zero-order valence-corrected chi connectivity index (χ0v) is 17.6. The number of carbonyl (C=O) groups is 1. The van der Waals surface area contributed by atoms with Gasteiger partial charge < -0.3 is 15.4 Å². The Morgan fingerprint density at radius 3 is 2.57 bits per heavy atom. The van der Waals surface area contributed by atoms with Crippen LogP contribution in [0.5, 0.6) is 0 Å². The topological polar surface area (TPSA) is 53.6 Å². The molecular weight excluding hydrogens is 412 g/mol. The van der Waals surface area contributed by atoms with E-state index in [0.717, 1.165) is 5.56 Å². The molecule has 2 N–H and O–H groups in total. The highest BCUT2D eigenvalue weighted by molar-refractivity contribution is 6.30. The van der Waals surface area contributed by atoms with E-state index in [1.54, 1.807) is 7.11 Å². The van der Waals surface area contributed by atoms with Crippen LogP contribution >= 0.6 is 11.6 Å². The van der Waals surface area contributed by atoms with Gasteiger partial charge in [0, 0.05) is 49.9 Å². The minimum atomic E-state index is -0.577. The average Bonchev–Trinajstić information content (AvgIpc) is 3.12. The molecule has 0 unspecified atom stereocenters. The van der Waals surface area contributed by atoms with Crippen molar-refractivity contribution in [3.05, 3.63) is 70.2 Å². The first kappa shape index (κ1) is 22.6. The second-order valence-electron chi connectivity index (χ2n) is 7.37. The number of nitrogens with zero attached hydrogens (tertiary/aromatic N) is 1. The van der Waals surface area contributed by atoms with Crippen LogP contribution in [0, 0.1) is 11.6 Å². The Balaban J connectivity index is 1.67. The summed E-state index contributed by atoms with van der Waals surface area (Å²) in [4.78, 5) is 14.8. The Bertz CT molecular complexity index is 831. The smallest absolute Gasteiger partial charge is 0.237 e. The third kappa shape index (κ3) is 5.98. The summed E-state index contributed by atoms with van der Waals surface area (Å²) in [7, 11) is 1.58.